The van der Waals surface area contributed by atoms with Gasteiger partial charge in [0, 0.05) is 15.5 Å². The highest BCUT2D eigenvalue weighted by Gasteiger charge is 2.05. The van der Waals surface area contributed by atoms with Gasteiger partial charge >= 0.3 is 0 Å². The van der Waals surface area contributed by atoms with Crippen molar-refractivity contribution in [2.75, 3.05) is 5.73 Å². The zero-order chi connectivity index (χ0) is 12.3. The summed E-state index contributed by atoms with van der Waals surface area (Å²) >= 11 is 1.59. The molecule has 0 saturated carbocycles. The van der Waals surface area contributed by atoms with Crippen molar-refractivity contribution < 1.29 is 0 Å². The lowest BCUT2D eigenvalue weighted by molar-refractivity contribution is 1.29. The van der Waals surface area contributed by atoms with Gasteiger partial charge in [-0.05, 0) is 36.8 Å². The minimum absolute atomic E-state index is 0.635. The van der Waals surface area contributed by atoms with Gasteiger partial charge in [0.2, 0.25) is 0 Å². The second-order valence-electron chi connectivity index (χ2n) is 3.73. The Hall–Kier alpha value is -1.92. The Kier molecular flexibility index (Phi) is 3.36. The van der Waals surface area contributed by atoms with Crippen LogP contribution >= 0.6 is 11.8 Å². The van der Waals surface area contributed by atoms with Gasteiger partial charge in [0.25, 0.3) is 0 Å². The molecule has 2 nitrogen and oxygen atoms in total. The molecule has 2 aromatic rings. The Morgan fingerprint density at radius 2 is 1.88 bits per heavy atom. The summed E-state index contributed by atoms with van der Waals surface area (Å²) in [7, 11) is 0. The van der Waals surface area contributed by atoms with Gasteiger partial charge in [0.15, 0.2) is 0 Å². The third-order valence-corrected chi connectivity index (χ3v) is 3.71. The van der Waals surface area contributed by atoms with Crippen molar-refractivity contribution in [1.82, 2.24) is 0 Å². The summed E-state index contributed by atoms with van der Waals surface area (Å²) in [6.07, 6.45) is 0. The minimum atomic E-state index is 0.635. The fourth-order valence-corrected chi connectivity index (χ4v) is 2.47. The van der Waals surface area contributed by atoms with E-state index in [1.165, 1.54) is 5.56 Å². The molecule has 2 N–H and O–H groups in total. The number of hydrogen-bond donors (Lipinski definition) is 1. The molecule has 17 heavy (non-hydrogen) atoms. The van der Waals surface area contributed by atoms with E-state index in [2.05, 4.69) is 25.1 Å². The van der Waals surface area contributed by atoms with Crippen LogP contribution in [0.4, 0.5) is 5.69 Å². The molecule has 0 unspecified atom stereocenters. The second-order valence-corrected chi connectivity index (χ2v) is 4.82. The zero-order valence-corrected chi connectivity index (χ0v) is 10.3. The number of aryl methyl sites for hydroxylation is 1. The molecule has 0 aromatic heterocycles. The maximum atomic E-state index is 8.87. The van der Waals surface area contributed by atoms with Crippen LogP contribution in [0.2, 0.25) is 0 Å². The summed E-state index contributed by atoms with van der Waals surface area (Å²) in [5, 5.41) is 8.87. The molecule has 0 spiro atoms. The zero-order valence-electron chi connectivity index (χ0n) is 9.47. The number of benzene rings is 2. The van der Waals surface area contributed by atoms with Crippen LogP contribution in [0.25, 0.3) is 0 Å². The summed E-state index contributed by atoms with van der Waals surface area (Å²) in [6.45, 7) is 2.06. The SMILES string of the molecule is Cc1ccccc1Sc1cc(C#N)ccc1N. The van der Waals surface area contributed by atoms with Crippen LogP contribution in [-0.2, 0) is 0 Å². The number of nitrogen functional groups attached to an aromatic ring is 1. The maximum absolute atomic E-state index is 8.87. The topological polar surface area (TPSA) is 49.8 Å². The molecule has 0 aliphatic rings. The molecule has 3 heteroatoms. The number of anilines is 1. The molecular weight excluding hydrogens is 228 g/mol. The Balaban J connectivity index is 2.37. The highest BCUT2D eigenvalue weighted by molar-refractivity contribution is 7.99. The van der Waals surface area contributed by atoms with Crippen LogP contribution < -0.4 is 5.73 Å². The van der Waals surface area contributed by atoms with Gasteiger partial charge < -0.3 is 5.73 Å². The number of nitrogens with two attached hydrogens (primary N) is 1. The van der Waals surface area contributed by atoms with Crippen molar-refractivity contribution in [2.45, 2.75) is 16.7 Å². The number of nitrogens with zero attached hydrogens (tertiary/aromatic N) is 1. The van der Waals surface area contributed by atoms with Crippen LogP contribution in [0.3, 0.4) is 0 Å². The van der Waals surface area contributed by atoms with Crippen molar-refractivity contribution in [3.05, 3.63) is 53.6 Å². The van der Waals surface area contributed by atoms with E-state index < -0.39 is 0 Å². The fraction of sp³-hybridized carbons (Fsp3) is 0.0714. The molecule has 0 aliphatic heterocycles. The maximum Gasteiger partial charge on any atom is 0.0992 e. The normalized spacial score (nSPS) is 9.88. The van der Waals surface area contributed by atoms with Gasteiger partial charge in [-0.1, -0.05) is 30.0 Å². The molecule has 0 aliphatic carbocycles. The van der Waals surface area contributed by atoms with Crippen molar-refractivity contribution in [3.63, 3.8) is 0 Å². The van der Waals surface area contributed by atoms with E-state index in [0.29, 0.717) is 11.3 Å². The predicted octanol–water partition coefficient (Wildman–Crippen LogP) is 3.60. The van der Waals surface area contributed by atoms with Crippen LogP contribution in [0.1, 0.15) is 11.1 Å². The first-order chi connectivity index (χ1) is 8.20. The lowest BCUT2D eigenvalue weighted by Gasteiger charge is -2.07. The second kappa shape index (κ2) is 4.94. The monoisotopic (exact) mass is 240 g/mol. The molecule has 0 bridgehead atoms. The highest BCUT2D eigenvalue weighted by atomic mass is 32.2. The standard InChI is InChI=1S/C14H12N2S/c1-10-4-2-3-5-13(10)17-14-8-11(9-15)6-7-12(14)16/h2-8H,16H2,1H3. The highest BCUT2D eigenvalue weighted by Crippen LogP contribution is 2.34. The smallest absolute Gasteiger partial charge is 0.0992 e. The Bertz CT molecular complexity index is 585. The molecule has 0 fully saturated rings. The van der Waals surface area contributed by atoms with Crippen molar-refractivity contribution >= 4 is 17.4 Å². The first-order valence-corrected chi connectivity index (χ1v) is 6.05. The van der Waals surface area contributed by atoms with Gasteiger partial charge in [0.1, 0.15) is 0 Å². The van der Waals surface area contributed by atoms with Crippen molar-refractivity contribution in [1.29, 1.82) is 5.26 Å². The van der Waals surface area contributed by atoms with Gasteiger partial charge in [-0.15, -0.1) is 0 Å². The predicted molar refractivity (Wildman–Crippen MR) is 70.9 cm³/mol. The first kappa shape index (κ1) is 11.6. The van der Waals surface area contributed by atoms with Gasteiger partial charge in [-0.2, -0.15) is 5.26 Å². The molecule has 0 amide bonds. The Morgan fingerprint density at radius 3 is 2.59 bits per heavy atom. The quantitative estimate of drug-likeness (QED) is 0.816. The number of nitriles is 1. The molecule has 2 rings (SSSR count). The van der Waals surface area contributed by atoms with E-state index >= 15 is 0 Å². The van der Waals surface area contributed by atoms with Crippen molar-refractivity contribution in [3.8, 4) is 6.07 Å². The van der Waals surface area contributed by atoms with Crippen LogP contribution in [-0.4, -0.2) is 0 Å². The average molecular weight is 240 g/mol. The fourth-order valence-electron chi connectivity index (χ4n) is 1.48. The van der Waals surface area contributed by atoms with Crippen LogP contribution in [0, 0.1) is 18.3 Å². The van der Waals surface area contributed by atoms with E-state index in [1.54, 1.807) is 23.9 Å². The third-order valence-electron chi connectivity index (χ3n) is 2.46. The van der Waals surface area contributed by atoms with E-state index in [4.69, 9.17) is 11.0 Å². The van der Waals surface area contributed by atoms with Crippen molar-refractivity contribution in [2.24, 2.45) is 0 Å². The molecule has 0 atom stereocenters. The molecular formula is C14H12N2S. The van der Waals surface area contributed by atoms with E-state index in [0.717, 1.165) is 9.79 Å². The summed E-state index contributed by atoms with van der Waals surface area (Å²) in [4.78, 5) is 2.09. The summed E-state index contributed by atoms with van der Waals surface area (Å²) in [5.74, 6) is 0. The van der Waals surface area contributed by atoms with E-state index in [1.807, 2.05) is 18.2 Å². The van der Waals surface area contributed by atoms with E-state index in [-0.39, 0.29) is 0 Å². The van der Waals surface area contributed by atoms with E-state index in [9.17, 15) is 0 Å². The van der Waals surface area contributed by atoms with Gasteiger partial charge in [0.05, 0.1) is 11.6 Å². The third kappa shape index (κ3) is 2.61. The Morgan fingerprint density at radius 1 is 1.12 bits per heavy atom. The molecule has 2 aromatic carbocycles. The largest absolute Gasteiger partial charge is 0.398 e. The summed E-state index contributed by atoms with van der Waals surface area (Å²) < 4.78 is 0. The molecule has 0 saturated heterocycles. The average Bonchev–Trinajstić information content (AvgIpc) is 2.35. The number of hydrogen-bond acceptors (Lipinski definition) is 3. The molecule has 0 radical (unpaired) electrons. The summed E-state index contributed by atoms with van der Waals surface area (Å²) in [5.41, 5.74) is 8.46. The van der Waals surface area contributed by atoms with Crippen LogP contribution in [0.5, 0.6) is 0 Å². The lowest BCUT2D eigenvalue weighted by Crippen LogP contribution is -1.90. The number of rotatable bonds is 2. The van der Waals surface area contributed by atoms with Gasteiger partial charge in [-0.3, -0.25) is 0 Å². The van der Waals surface area contributed by atoms with Gasteiger partial charge in [-0.25, -0.2) is 0 Å². The first-order valence-electron chi connectivity index (χ1n) is 5.24. The molecule has 0 heterocycles. The van der Waals surface area contributed by atoms with Crippen LogP contribution in [0.15, 0.2) is 52.3 Å². The Labute approximate surface area is 105 Å². The minimum Gasteiger partial charge on any atom is -0.398 e. The lowest BCUT2D eigenvalue weighted by atomic mass is 10.2. The molecule has 84 valence electrons. The summed E-state index contributed by atoms with van der Waals surface area (Å²) in [6, 6.07) is 15.6.